The predicted molar refractivity (Wildman–Crippen MR) is 175 cm³/mol. The number of nitrogens with zero attached hydrogens (tertiary/aromatic N) is 2. The molecule has 0 amide bonds. The first-order valence-electron chi connectivity index (χ1n) is 16.3. The minimum atomic E-state index is -0.535. The Morgan fingerprint density at radius 2 is 1.48 bits per heavy atom. The molecule has 0 spiro atoms. The molecule has 1 aromatic carbocycles. The van der Waals surface area contributed by atoms with Crippen molar-refractivity contribution in [1.82, 2.24) is 9.47 Å². The van der Waals surface area contributed by atoms with Crippen LogP contribution in [-0.2, 0) is 20.7 Å². The summed E-state index contributed by atoms with van der Waals surface area (Å²) in [6.45, 7) is 11.6. The van der Waals surface area contributed by atoms with E-state index in [2.05, 4.69) is 63.8 Å². The summed E-state index contributed by atoms with van der Waals surface area (Å²) in [6.07, 6.45) is 24.1. The Kier molecular flexibility index (Phi) is 17.6. The molecule has 0 saturated carbocycles. The van der Waals surface area contributed by atoms with Crippen molar-refractivity contribution < 1.29 is 19.1 Å². The van der Waals surface area contributed by atoms with Gasteiger partial charge in [-0.3, -0.25) is 14.3 Å². The van der Waals surface area contributed by atoms with Crippen molar-refractivity contribution in [3.05, 3.63) is 60.3 Å². The normalized spacial score (nSPS) is 12.1. The third-order valence-electron chi connectivity index (χ3n) is 7.69. The van der Waals surface area contributed by atoms with Crippen molar-refractivity contribution in [1.29, 1.82) is 0 Å². The Bertz CT molecular complexity index is 1090. The van der Waals surface area contributed by atoms with E-state index in [0.717, 1.165) is 61.5 Å². The largest absolute Gasteiger partial charge is 0.428 e. The standard InChI is InChI=1S/C36H56N2O4/c1-6-7-8-9-10-11-12-13-14-15-16-17-18-19-20-25-35(39)41-29-42-36(40)38-28-32(33-23-21-22-24-34(33)38)26-27-37(30(2)3)31(4)5/h10-11,13-14,21-24,28,30-31H,6-9,12,15-20,25-27,29H2,1-5H3/b11-10-,14-13-. The Morgan fingerprint density at radius 1 is 0.833 bits per heavy atom. The van der Waals surface area contributed by atoms with Crippen LogP contribution in [0.2, 0.25) is 0 Å². The number of hydrogen-bond donors (Lipinski definition) is 0. The van der Waals surface area contributed by atoms with Gasteiger partial charge in [0.2, 0.25) is 6.79 Å². The summed E-state index contributed by atoms with van der Waals surface area (Å²) in [5, 5.41) is 1.04. The van der Waals surface area contributed by atoms with Crippen LogP contribution >= 0.6 is 0 Å². The van der Waals surface area contributed by atoms with Crippen LogP contribution in [0.25, 0.3) is 10.9 Å². The average Bonchev–Trinajstić information content (AvgIpc) is 3.33. The smallest absolute Gasteiger partial charge is 0.421 e. The fourth-order valence-electron chi connectivity index (χ4n) is 5.33. The van der Waals surface area contributed by atoms with Crippen LogP contribution in [0.4, 0.5) is 4.79 Å². The lowest BCUT2D eigenvalue weighted by atomic mass is 10.1. The van der Waals surface area contributed by atoms with E-state index in [1.165, 1.54) is 43.1 Å². The molecule has 0 aliphatic heterocycles. The summed E-state index contributed by atoms with van der Waals surface area (Å²) in [4.78, 5) is 27.4. The maximum atomic E-state index is 12.8. The van der Waals surface area contributed by atoms with Gasteiger partial charge in [0.05, 0.1) is 5.52 Å². The number of fused-ring (bicyclic) bond motifs is 1. The summed E-state index contributed by atoms with van der Waals surface area (Å²) < 4.78 is 12.0. The van der Waals surface area contributed by atoms with Gasteiger partial charge in [-0.2, -0.15) is 0 Å². The molecule has 0 unspecified atom stereocenters. The fourth-order valence-corrected chi connectivity index (χ4v) is 5.33. The third kappa shape index (κ3) is 13.4. The van der Waals surface area contributed by atoms with Crippen LogP contribution in [-0.4, -0.2) is 47.0 Å². The highest BCUT2D eigenvalue weighted by Crippen LogP contribution is 2.23. The van der Waals surface area contributed by atoms with Gasteiger partial charge in [-0.1, -0.05) is 81.5 Å². The van der Waals surface area contributed by atoms with E-state index in [-0.39, 0.29) is 12.8 Å². The SMILES string of the molecule is CCCCC/C=C\C/C=C\CCCCCCCC(=O)OCOC(=O)n1cc(CCN(C(C)C)C(C)C)c2ccccc21. The van der Waals surface area contributed by atoms with Crippen molar-refractivity contribution in [3.63, 3.8) is 0 Å². The molecule has 0 aliphatic rings. The zero-order chi connectivity index (χ0) is 30.6. The lowest BCUT2D eigenvalue weighted by molar-refractivity contribution is -0.151. The number of carbonyl (C=O) groups excluding carboxylic acids is 2. The van der Waals surface area contributed by atoms with E-state index >= 15 is 0 Å². The highest BCUT2D eigenvalue weighted by Gasteiger charge is 2.18. The second-order valence-corrected chi connectivity index (χ2v) is 11.7. The monoisotopic (exact) mass is 580 g/mol. The number of para-hydroxylation sites is 1. The maximum Gasteiger partial charge on any atom is 0.421 e. The summed E-state index contributed by atoms with van der Waals surface area (Å²) in [5.74, 6) is -0.325. The quantitative estimate of drug-likeness (QED) is 0.0637. The van der Waals surface area contributed by atoms with Crippen LogP contribution in [0, 0.1) is 0 Å². The minimum absolute atomic E-state index is 0.325. The Hall–Kier alpha value is -2.86. The summed E-state index contributed by atoms with van der Waals surface area (Å²) in [7, 11) is 0. The molecule has 0 radical (unpaired) electrons. The van der Waals surface area contributed by atoms with Crippen molar-refractivity contribution in [2.45, 2.75) is 130 Å². The number of carbonyl (C=O) groups is 2. The van der Waals surface area contributed by atoms with Gasteiger partial charge in [0.25, 0.3) is 0 Å². The van der Waals surface area contributed by atoms with Gasteiger partial charge in [0.1, 0.15) is 0 Å². The van der Waals surface area contributed by atoms with Crippen LogP contribution in [0.3, 0.4) is 0 Å². The molecule has 42 heavy (non-hydrogen) atoms. The molecule has 2 aromatic rings. The zero-order valence-electron chi connectivity index (χ0n) is 27.0. The molecular weight excluding hydrogens is 524 g/mol. The topological polar surface area (TPSA) is 60.8 Å². The van der Waals surface area contributed by atoms with E-state index in [0.29, 0.717) is 18.5 Å². The van der Waals surface area contributed by atoms with Gasteiger partial charge in [-0.25, -0.2) is 4.79 Å². The molecule has 1 heterocycles. The molecular formula is C36H56N2O4. The Labute approximate surface area is 255 Å². The molecule has 1 aromatic heterocycles. The van der Waals surface area contributed by atoms with E-state index < -0.39 is 6.09 Å². The minimum Gasteiger partial charge on any atom is -0.428 e. The number of ether oxygens (including phenoxy) is 2. The van der Waals surface area contributed by atoms with Gasteiger partial charge >= 0.3 is 12.1 Å². The average molecular weight is 581 g/mol. The summed E-state index contributed by atoms with van der Waals surface area (Å²) >= 11 is 0. The van der Waals surface area contributed by atoms with E-state index in [1.807, 2.05) is 30.5 Å². The van der Waals surface area contributed by atoms with Gasteiger partial charge < -0.3 is 9.47 Å². The number of hydrogen-bond acceptors (Lipinski definition) is 5. The highest BCUT2D eigenvalue weighted by molar-refractivity contribution is 5.92. The third-order valence-corrected chi connectivity index (χ3v) is 7.69. The van der Waals surface area contributed by atoms with Gasteiger partial charge in [0, 0.05) is 36.6 Å². The van der Waals surface area contributed by atoms with Crippen LogP contribution in [0.15, 0.2) is 54.8 Å². The highest BCUT2D eigenvalue weighted by atomic mass is 16.7. The Balaban J connectivity index is 1.62. The second kappa shape index (κ2) is 20.9. The molecule has 0 saturated heterocycles. The molecule has 0 N–H and O–H groups in total. The van der Waals surface area contributed by atoms with Gasteiger partial charge in [-0.15, -0.1) is 0 Å². The van der Waals surface area contributed by atoms with Crippen molar-refractivity contribution in [2.75, 3.05) is 13.3 Å². The van der Waals surface area contributed by atoms with Gasteiger partial charge in [-0.05, 0) is 84.3 Å². The molecule has 234 valence electrons. The fraction of sp³-hybridized carbons (Fsp3) is 0.611. The molecule has 0 bridgehead atoms. The van der Waals surface area contributed by atoms with E-state index in [9.17, 15) is 9.59 Å². The number of esters is 1. The van der Waals surface area contributed by atoms with E-state index in [1.54, 1.807) is 0 Å². The van der Waals surface area contributed by atoms with Crippen molar-refractivity contribution >= 4 is 23.0 Å². The number of benzene rings is 1. The first-order valence-corrected chi connectivity index (χ1v) is 16.3. The number of rotatable bonds is 21. The van der Waals surface area contributed by atoms with E-state index in [4.69, 9.17) is 9.47 Å². The molecule has 0 fully saturated rings. The first-order chi connectivity index (χ1) is 20.3. The lowest BCUT2D eigenvalue weighted by Gasteiger charge is -2.30. The summed E-state index contributed by atoms with van der Waals surface area (Å²) in [6, 6.07) is 8.74. The molecule has 2 rings (SSSR count). The number of unbranched alkanes of at least 4 members (excludes halogenated alkanes) is 8. The lowest BCUT2D eigenvalue weighted by Crippen LogP contribution is -2.38. The molecule has 0 atom stereocenters. The second-order valence-electron chi connectivity index (χ2n) is 11.7. The number of aromatic nitrogens is 1. The Morgan fingerprint density at radius 3 is 2.17 bits per heavy atom. The predicted octanol–water partition coefficient (Wildman–Crippen LogP) is 9.60. The zero-order valence-corrected chi connectivity index (χ0v) is 27.0. The summed E-state index contributed by atoms with van der Waals surface area (Å²) in [5.41, 5.74) is 1.90. The molecule has 6 nitrogen and oxygen atoms in total. The number of allylic oxidation sites excluding steroid dienone is 4. The van der Waals surface area contributed by atoms with Crippen LogP contribution in [0.1, 0.15) is 117 Å². The maximum absolute atomic E-state index is 12.8. The van der Waals surface area contributed by atoms with Crippen LogP contribution < -0.4 is 0 Å². The molecule has 6 heteroatoms. The van der Waals surface area contributed by atoms with Crippen molar-refractivity contribution in [2.24, 2.45) is 0 Å². The van der Waals surface area contributed by atoms with Crippen LogP contribution in [0.5, 0.6) is 0 Å². The van der Waals surface area contributed by atoms with Crippen molar-refractivity contribution in [3.8, 4) is 0 Å². The first kappa shape index (κ1) is 35.3. The molecule has 0 aliphatic carbocycles. The van der Waals surface area contributed by atoms with Gasteiger partial charge in [0.15, 0.2) is 0 Å².